The summed E-state index contributed by atoms with van der Waals surface area (Å²) >= 11 is 0. The van der Waals surface area contributed by atoms with Crippen LogP contribution in [0.3, 0.4) is 0 Å². The van der Waals surface area contributed by atoms with Crippen LogP contribution in [-0.4, -0.2) is 70.5 Å². The molecule has 0 unspecified atom stereocenters. The van der Waals surface area contributed by atoms with Gasteiger partial charge in [-0.15, -0.1) is 0 Å². The highest BCUT2D eigenvalue weighted by Gasteiger charge is 2.34. The number of hydrogen-bond acceptors (Lipinski definition) is 8. The van der Waals surface area contributed by atoms with Crippen molar-refractivity contribution in [3.8, 4) is 23.0 Å². The third kappa shape index (κ3) is 5.30. The molecule has 0 radical (unpaired) electrons. The zero-order valence-electron chi connectivity index (χ0n) is 19.8. The third-order valence-corrected chi connectivity index (χ3v) is 5.55. The first kappa shape index (κ1) is 24.6. The van der Waals surface area contributed by atoms with Crippen molar-refractivity contribution in [3.05, 3.63) is 52.3 Å². The molecular weight excluding hydrogens is 426 g/mol. The van der Waals surface area contributed by atoms with E-state index in [0.717, 1.165) is 0 Å². The van der Waals surface area contributed by atoms with Crippen LogP contribution >= 0.6 is 0 Å². The van der Waals surface area contributed by atoms with Gasteiger partial charge in [-0.05, 0) is 30.7 Å². The summed E-state index contributed by atoms with van der Waals surface area (Å²) in [6.45, 7) is 4.49. The van der Waals surface area contributed by atoms with Crippen LogP contribution < -0.4 is 14.2 Å². The molecule has 2 aromatic rings. The van der Waals surface area contributed by atoms with Crippen LogP contribution in [0, 0.1) is 6.92 Å². The number of benzene rings is 2. The van der Waals surface area contributed by atoms with Gasteiger partial charge in [0.15, 0.2) is 17.3 Å². The molecule has 8 heteroatoms. The van der Waals surface area contributed by atoms with Gasteiger partial charge < -0.3 is 28.8 Å². The molecule has 0 fully saturated rings. The second kappa shape index (κ2) is 11.2. The minimum absolute atomic E-state index is 0.0825. The number of carbonyl (C=O) groups excluding carboxylic acids is 1. The summed E-state index contributed by atoms with van der Waals surface area (Å²) in [5.74, 6) is 1.44. The van der Waals surface area contributed by atoms with Gasteiger partial charge >= 0.3 is 0 Å². The maximum absolute atomic E-state index is 13.3. The van der Waals surface area contributed by atoms with E-state index < -0.39 is 0 Å². The zero-order valence-corrected chi connectivity index (χ0v) is 19.8. The van der Waals surface area contributed by atoms with Crippen LogP contribution in [-0.2, 0) is 16.0 Å². The monoisotopic (exact) mass is 457 g/mol. The van der Waals surface area contributed by atoms with E-state index in [4.69, 9.17) is 23.7 Å². The SMILES string of the molecule is COCCN(CCOC)Cc1c(O)cc(C)c2c1O/C(=C/c1cccc(OC)c1OC)C2=O. The molecule has 1 N–H and O–H groups in total. The van der Waals surface area contributed by atoms with Crippen LogP contribution in [0.2, 0.25) is 0 Å². The molecule has 0 atom stereocenters. The number of ketones is 1. The Kier molecular flexibility index (Phi) is 8.32. The molecule has 178 valence electrons. The van der Waals surface area contributed by atoms with Crippen LogP contribution in [0.15, 0.2) is 30.0 Å². The number of aromatic hydroxyl groups is 1. The number of rotatable bonds is 11. The second-order valence-corrected chi connectivity index (χ2v) is 7.68. The average molecular weight is 458 g/mol. The van der Waals surface area contributed by atoms with Crippen LogP contribution in [0.5, 0.6) is 23.0 Å². The number of hydrogen-bond donors (Lipinski definition) is 1. The third-order valence-electron chi connectivity index (χ3n) is 5.55. The van der Waals surface area contributed by atoms with E-state index >= 15 is 0 Å². The van der Waals surface area contributed by atoms with Gasteiger partial charge in [-0.1, -0.05) is 12.1 Å². The first-order chi connectivity index (χ1) is 15.9. The van der Waals surface area contributed by atoms with E-state index in [9.17, 15) is 9.90 Å². The van der Waals surface area contributed by atoms with Crippen molar-refractivity contribution in [2.45, 2.75) is 13.5 Å². The number of Topliss-reactive ketones (excluding diaryl/α,β-unsaturated/α-hetero) is 1. The predicted octanol–water partition coefficient (Wildman–Crippen LogP) is 3.43. The van der Waals surface area contributed by atoms with Crippen LogP contribution in [0.4, 0.5) is 0 Å². The molecule has 2 aromatic carbocycles. The molecule has 8 nitrogen and oxygen atoms in total. The lowest BCUT2D eigenvalue weighted by Crippen LogP contribution is -2.30. The molecular formula is C25H31NO7. The van der Waals surface area contributed by atoms with Gasteiger partial charge in [-0.3, -0.25) is 9.69 Å². The molecule has 0 saturated heterocycles. The van der Waals surface area contributed by atoms with Crippen LogP contribution in [0.25, 0.3) is 6.08 Å². The molecule has 33 heavy (non-hydrogen) atoms. The van der Waals surface area contributed by atoms with Crippen molar-refractivity contribution in [2.75, 3.05) is 54.7 Å². The fourth-order valence-corrected chi connectivity index (χ4v) is 3.83. The van der Waals surface area contributed by atoms with Crippen molar-refractivity contribution in [3.63, 3.8) is 0 Å². The Morgan fingerprint density at radius 1 is 1.06 bits per heavy atom. The van der Waals surface area contributed by atoms with Gasteiger partial charge in [-0.2, -0.15) is 0 Å². The molecule has 0 aromatic heterocycles. The van der Waals surface area contributed by atoms with E-state index in [-0.39, 0.29) is 17.3 Å². The Balaban J connectivity index is 2.00. The predicted molar refractivity (Wildman–Crippen MR) is 124 cm³/mol. The highest BCUT2D eigenvalue weighted by Crippen LogP contribution is 2.43. The van der Waals surface area contributed by atoms with Crippen molar-refractivity contribution in [1.29, 1.82) is 0 Å². The van der Waals surface area contributed by atoms with Gasteiger partial charge in [0.1, 0.15) is 11.5 Å². The normalized spacial score (nSPS) is 14.0. The molecule has 0 amide bonds. The van der Waals surface area contributed by atoms with E-state index in [2.05, 4.69) is 4.90 Å². The van der Waals surface area contributed by atoms with E-state index in [1.54, 1.807) is 53.6 Å². The Bertz CT molecular complexity index is 1020. The standard InChI is InChI=1S/C25H31NO7/c1-16-13-19(27)18(15-26(9-11-29-2)10-12-30-3)25-22(16)23(28)21(33-25)14-17-7-6-8-20(31-4)24(17)32-5/h6-8,13-14,27H,9-12,15H2,1-5H3/b21-14+. The number of nitrogens with zero attached hydrogens (tertiary/aromatic N) is 1. The Hall–Kier alpha value is -3.07. The smallest absolute Gasteiger partial charge is 0.232 e. The van der Waals surface area contributed by atoms with Crippen molar-refractivity contribution < 1.29 is 33.6 Å². The molecule has 1 aliphatic rings. The second-order valence-electron chi connectivity index (χ2n) is 7.68. The summed E-state index contributed by atoms with van der Waals surface area (Å²) in [6.07, 6.45) is 1.64. The summed E-state index contributed by atoms with van der Waals surface area (Å²) < 4.78 is 27.3. The maximum Gasteiger partial charge on any atom is 0.232 e. The summed E-state index contributed by atoms with van der Waals surface area (Å²) in [5, 5.41) is 10.7. The summed E-state index contributed by atoms with van der Waals surface area (Å²) in [6, 6.07) is 7.01. The fraction of sp³-hybridized carbons (Fsp3) is 0.400. The Morgan fingerprint density at radius 3 is 2.36 bits per heavy atom. The molecule has 0 saturated carbocycles. The number of aryl methyl sites for hydroxylation is 1. The lowest BCUT2D eigenvalue weighted by molar-refractivity contribution is 0.101. The first-order valence-corrected chi connectivity index (χ1v) is 10.7. The number of phenols is 1. The number of phenolic OH excluding ortho intramolecular Hbond substituents is 1. The molecule has 1 aliphatic heterocycles. The molecule has 3 rings (SSSR count). The summed E-state index contributed by atoms with van der Waals surface area (Å²) in [7, 11) is 6.38. The van der Waals surface area contributed by atoms with E-state index in [1.807, 2.05) is 12.1 Å². The highest BCUT2D eigenvalue weighted by molar-refractivity contribution is 6.16. The van der Waals surface area contributed by atoms with E-state index in [1.165, 1.54) is 0 Å². The van der Waals surface area contributed by atoms with Gasteiger partial charge in [0.05, 0.1) is 38.6 Å². The summed E-state index contributed by atoms with van der Waals surface area (Å²) in [4.78, 5) is 15.4. The molecule has 0 bridgehead atoms. The van der Waals surface area contributed by atoms with Crippen LogP contribution in [0.1, 0.15) is 27.0 Å². The van der Waals surface area contributed by atoms with Gasteiger partial charge in [0, 0.05) is 39.4 Å². The Morgan fingerprint density at radius 2 is 1.76 bits per heavy atom. The number of ether oxygens (including phenoxy) is 5. The quantitative estimate of drug-likeness (QED) is 0.514. The maximum atomic E-state index is 13.3. The van der Waals surface area contributed by atoms with Crippen molar-refractivity contribution in [1.82, 2.24) is 4.90 Å². The van der Waals surface area contributed by atoms with Gasteiger partial charge in [0.25, 0.3) is 0 Å². The topological polar surface area (TPSA) is 86.7 Å². The average Bonchev–Trinajstić information content (AvgIpc) is 3.13. The highest BCUT2D eigenvalue weighted by atomic mass is 16.5. The lowest BCUT2D eigenvalue weighted by Gasteiger charge is -2.23. The molecule has 0 aliphatic carbocycles. The fourth-order valence-electron chi connectivity index (χ4n) is 3.83. The Labute approximate surface area is 194 Å². The lowest BCUT2D eigenvalue weighted by atomic mass is 9.99. The number of para-hydroxylation sites is 1. The van der Waals surface area contributed by atoms with E-state index in [0.29, 0.717) is 72.4 Å². The number of allylic oxidation sites excluding steroid dienone is 1. The minimum atomic E-state index is -0.242. The van der Waals surface area contributed by atoms with Crippen molar-refractivity contribution in [2.24, 2.45) is 0 Å². The number of methoxy groups -OCH3 is 4. The van der Waals surface area contributed by atoms with Crippen molar-refractivity contribution >= 4 is 11.9 Å². The molecule has 0 spiro atoms. The minimum Gasteiger partial charge on any atom is -0.507 e. The summed E-state index contributed by atoms with van der Waals surface area (Å²) in [5.41, 5.74) is 2.31. The number of carbonyl (C=O) groups is 1. The first-order valence-electron chi connectivity index (χ1n) is 10.7. The largest absolute Gasteiger partial charge is 0.507 e. The molecule has 1 heterocycles. The zero-order chi connectivity index (χ0) is 24.0. The number of fused-ring (bicyclic) bond motifs is 1. The van der Waals surface area contributed by atoms with Gasteiger partial charge in [-0.25, -0.2) is 0 Å². The van der Waals surface area contributed by atoms with Gasteiger partial charge in [0.2, 0.25) is 5.78 Å².